The van der Waals surface area contributed by atoms with E-state index in [-0.39, 0.29) is 6.03 Å². The van der Waals surface area contributed by atoms with Gasteiger partial charge in [-0.3, -0.25) is 4.68 Å². The van der Waals surface area contributed by atoms with E-state index in [9.17, 15) is 4.79 Å². The Labute approximate surface area is 135 Å². The third-order valence-electron chi connectivity index (χ3n) is 4.53. The van der Waals surface area contributed by atoms with Crippen LogP contribution in [0.3, 0.4) is 0 Å². The molecule has 2 aromatic rings. The number of urea groups is 1. The van der Waals surface area contributed by atoms with Crippen molar-refractivity contribution in [2.24, 2.45) is 7.05 Å². The molecule has 2 aromatic heterocycles. The second-order valence-corrected chi connectivity index (χ2v) is 6.13. The highest BCUT2D eigenvalue weighted by Crippen LogP contribution is 2.24. The Balaban J connectivity index is 1.57. The van der Waals surface area contributed by atoms with Crippen molar-refractivity contribution < 1.29 is 9.32 Å². The van der Waals surface area contributed by atoms with Crippen molar-refractivity contribution in [3.63, 3.8) is 0 Å². The van der Waals surface area contributed by atoms with Gasteiger partial charge in [0.1, 0.15) is 11.5 Å². The minimum absolute atomic E-state index is 0.124. The Kier molecular flexibility index (Phi) is 4.36. The second kappa shape index (κ2) is 6.44. The zero-order chi connectivity index (χ0) is 16.4. The molecule has 2 amide bonds. The van der Waals surface area contributed by atoms with Crippen LogP contribution < -0.4 is 5.32 Å². The lowest BCUT2D eigenvalue weighted by atomic mass is 9.96. The predicted molar refractivity (Wildman–Crippen MR) is 84.8 cm³/mol. The molecule has 0 radical (unpaired) electrons. The van der Waals surface area contributed by atoms with Gasteiger partial charge >= 0.3 is 6.03 Å². The first-order valence-corrected chi connectivity index (χ1v) is 7.99. The number of carbonyl (C=O) groups is 1. The van der Waals surface area contributed by atoms with E-state index in [2.05, 4.69) is 15.6 Å². The minimum atomic E-state index is -0.124. The van der Waals surface area contributed by atoms with Gasteiger partial charge in [-0.2, -0.15) is 5.10 Å². The number of rotatable bonds is 4. The smallest absolute Gasteiger partial charge is 0.317 e. The topological polar surface area (TPSA) is 76.2 Å². The lowest BCUT2D eigenvalue weighted by Gasteiger charge is -2.18. The summed E-state index contributed by atoms with van der Waals surface area (Å²) < 4.78 is 7.19. The van der Waals surface area contributed by atoms with Crippen LogP contribution in [0.2, 0.25) is 0 Å². The Morgan fingerprint density at radius 1 is 1.43 bits per heavy atom. The minimum Gasteiger partial charge on any atom is -0.361 e. The second-order valence-electron chi connectivity index (χ2n) is 6.13. The van der Waals surface area contributed by atoms with Crippen LogP contribution in [0.4, 0.5) is 4.79 Å². The molecular formula is C16H23N5O2. The van der Waals surface area contributed by atoms with Crippen molar-refractivity contribution in [3.8, 4) is 0 Å². The van der Waals surface area contributed by atoms with E-state index in [1.54, 1.807) is 22.8 Å². The number of nitrogens with one attached hydrogen (secondary N) is 1. The first-order valence-electron chi connectivity index (χ1n) is 7.99. The quantitative estimate of drug-likeness (QED) is 0.935. The summed E-state index contributed by atoms with van der Waals surface area (Å²) in [6.07, 6.45) is 6.06. The van der Waals surface area contributed by atoms with Crippen molar-refractivity contribution in [1.29, 1.82) is 0 Å². The highest BCUT2D eigenvalue weighted by Gasteiger charge is 2.21. The van der Waals surface area contributed by atoms with Crippen LogP contribution in [0, 0.1) is 6.92 Å². The molecule has 0 aliphatic heterocycles. The molecule has 7 heteroatoms. The molecule has 2 heterocycles. The average Bonchev–Trinajstić information content (AvgIpc) is 3.10. The first-order chi connectivity index (χ1) is 11.1. The normalized spacial score (nSPS) is 13.7. The fourth-order valence-electron chi connectivity index (χ4n) is 2.89. The van der Waals surface area contributed by atoms with Crippen LogP contribution in [0.1, 0.15) is 41.1 Å². The largest absolute Gasteiger partial charge is 0.361 e. The van der Waals surface area contributed by atoms with Gasteiger partial charge in [-0.1, -0.05) is 5.16 Å². The van der Waals surface area contributed by atoms with Crippen molar-refractivity contribution in [2.45, 2.75) is 45.7 Å². The van der Waals surface area contributed by atoms with Crippen LogP contribution in [-0.4, -0.2) is 32.9 Å². The number of amides is 2. The molecular weight excluding hydrogens is 294 g/mol. The van der Waals surface area contributed by atoms with Crippen molar-refractivity contribution >= 4 is 6.03 Å². The van der Waals surface area contributed by atoms with Crippen LogP contribution in [0.5, 0.6) is 0 Å². The molecule has 7 nitrogen and oxygen atoms in total. The van der Waals surface area contributed by atoms with Crippen molar-refractivity contribution in [1.82, 2.24) is 25.2 Å². The molecule has 23 heavy (non-hydrogen) atoms. The van der Waals surface area contributed by atoms with Gasteiger partial charge < -0.3 is 14.7 Å². The van der Waals surface area contributed by atoms with Gasteiger partial charge in [-0.05, 0) is 26.2 Å². The van der Waals surface area contributed by atoms with Gasteiger partial charge in [0.15, 0.2) is 0 Å². The number of aryl methyl sites for hydroxylation is 2. The summed E-state index contributed by atoms with van der Waals surface area (Å²) in [5.41, 5.74) is 4.15. The Morgan fingerprint density at radius 3 is 2.96 bits per heavy atom. The summed E-state index contributed by atoms with van der Waals surface area (Å²) in [4.78, 5) is 13.9. The fraction of sp³-hybridized carbons (Fsp3) is 0.562. The Bertz CT molecular complexity index is 703. The highest BCUT2D eigenvalue weighted by molar-refractivity contribution is 5.73. The van der Waals surface area contributed by atoms with Gasteiger partial charge in [0.25, 0.3) is 0 Å². The van der Waals surface area contributed by atoms with Crippen LogP contribution in [0.15, 0.2) is 10.7 Å². The fourth-order valence-corrected chi connectivity index (χ4v) is 2.89. The number of nitrogens with zero attached hydrogens (tertiary/aromatic N) is 4. The summed E-state index contributed by atoms with van der Waals surface area (Å²) in [7, 11) is 3.66. The molecule has 124 valence electrons. The van der Waals surface area contributed by atoms with Gasteiger partial charge in [-0.15, -0.1) is 0 Å². The predicted octanol–water partition coefficient (Wildman–Crippen LogP) is 1.94. The summed E-state index contributed by atoms with van der Waals surface area (Å²) >= 11 is 0. The third-order valence-corrected chi connectivity index (χ3v) is 4.53. The summed E-state index contributed by atoms with van der Waals surface area (Å²) in [5, 5.41) is 11.2. The van der Waals surface area contributed by atoms with E-state index >= 15 is 0 Å². The standard InChI is InChI=1S/C16H23N5O2/c1-11-12(9-18-21(11)3)8-17-16(22)20(2)10-14-13-6-4-5-7-15(13)23-19-14/h9H,4-8,10H2,1-3H3,(H,17,22). The maximum Gasteiger partial charge on any atom is 0.317 e. The first kappa shape index (κ1) is 15.6. The van der Waals surface area contributed by atoms with E-state index in [1.807, 2.05) is 14.0 Å². The molecule has 0 bridgehead atoms. The van der Waals surface area contributed by atoms with Crippen molar-refractivity contribution in [3.05, 3.63) is 34.5 Å². The number of aromatic nitrogens is 3. The maximum absolute atomic E-state index is 12.3. The number of fused-ring (bicyclic) bond motifs is 1. The number of carbonyl (C=O) groups excluding carboxylic acids is 1. The molecule has 0 saturated heterocycles. The van der Waals surface area contributed by atoms with Crippen LogP contribution >= 0.6 is 0 Å². The van der Waals surface area contributed by atoms with E-state index in [0.717, 1.165) is 48.4 Å². The van der Waals surface area contributed by atoms with Gasteiger partial charge in [-0.25, -0.2) is 4.79 Å². The molecule has 1 aliphatic rings. The molecule has 0 aromatic carbocycles. The maximum atomic E-state index is 12.3. The van der Waals surface area contributed by atoms with E-state index in [4.69, 9.17) is 4.52 Å². The molecule has 1 aliphatic carbocycles. The molecule has 0 spiro atoms. The lowest BCUT2D eigenvalue weighted by molar-refractivity contribution is 0.205. The summed E-state index contributed by atoms with van der Waals surface area (Å²) in [6, 6.07) is -0.124. The molecule has 0 fully saturated rings. The lowest BCUT2D eigenvalue weighted by Crippen LogP contribution is -2.36. The van der Waals surface area contributed by atoms with E-state index in [1.165, 1.54) is 5.56 Å². The molecule has 3 rings (SSSR count). The van der Waals surface area contributed by atoms with Crippen LogP contribution in [-0.2, 0) is 33.0 Å². The zero-order valence-electron chi connectivity index (χ0n) is 13.9. The van der Waals surface area contributed by atoms with Gasteiger partial charge in [0.2, 0.25) is 0 Å². The zero-order valence-corrected chi connectivity index (χ0v) is 13.9. The molecule has 1 N–H and O–H groups in total. The third kappa shape index (κ3) is 3.23. The van der Waals surface area contributed by atoms with Gasteiger partial charge in [0, 0.05) is 43.9 Å². The van der Waals surface area contributed by atoms with Crippen LogP contribution in [0.25, 0.3) is 0 Å². The Hall–Kier alpha value is -2.31. The highest BCUT2D eigenvalue weighted by atomic mass is 16.5. The number of hydrogen-bond donors (Lipinski definition) is 1. The Morgan fingerprint density at radius 2 is 2.22 bits per heavy atom. The van der Waals surface area contributed by atoms with Gasteiger partial charge in [0.05, 0.1) is 12.7 Å². The summed E-state index contributed by atoms with van der Waals surface area (Å²) in [6.45, 7) is 2.93. The molecule has 0 saturated carbocycles. The summed E-state index contributed by atoms with van der Waals surface area (Å²) in [5.74, 6) is 0.992. The molecule has 0 unspecified atom stereocenters. The number of hydrogen-bond acceptors (Lipinski definition) is 4. The van der Waals surface area contributed by atoms with Crippen molar-refractivity contribution in [2.75, 3.05) is 7.05 Å². The average molecular weight is 317 g/mol. The SMILES string of the molecule is Cc1c(CNC(=O)N(C)Cc2noc3c2CCCC3)cnn1C. The monoisotopic (exact) mass is 317 g/mol. The molecule has 0 atom stereocenters. The van der Waals surface area contributed by atoms with E-state index in [0.29, 0.717) is 13.1 Å². The van der Waals surface area contributed by atoms with E-state index < -0.39 is 0 Å².